The molecule has 0 bridgehead atoms. The minimum atomic E-state index is -0.820. The molecule has 0 spiro atoms. The maximum absolute atomic E-state index is 11.8. The SMILES string of the molecule is O=C(CN1CCCC(C(=O)O)C1)NC(=O)NC1CCCC1. The standard InChI is InChI=1S/C14H23N3O4/c18-12(16-14(21)15-11-5-1-2-6-11)9-17-7-3-4-10(8-17)13(19)20/h10-11H,1-9H2,(H,19,20)(H2,15,16,18,21). The Hall–Kier alpha value is -1.63. The molecule has 7 nitrogen and oxygen atoms in total. The van der Waals surface area contributed by atoms with E-state index < -0.39 is 17.9 Å². The van der Waals surface area contributed by atoms with Gasteiger partial charge in [-0.1, -0.05) is 12.8 Å². The van der Waals surface area contributed by atoms with Crippen molar-refractivity contribution in [1.82, 2.24) is 15.5 Å². The maximum Gasteiger partial charge on any atom is 0.321 e. The van der Waals surface area contributed by atoms with Crippen LogP contribution in [0.15, 0.2) is 0 Å². The second-order valence-electron chi connectivity index (χ2n) is 5.92. The number of aliphatic carboxylic acids is 1. The Labute approximate surface area is 124 Å². The molecule has 1 atom stereocenters. The van der Waals surface area contributed by atoms with Crippen LogP contribution in [-0.2, 0) is 9.59 Å². The van der Waals surface area contributed by atoms with E-state index in [1.807, 2.05) is 0 Å². The number of carbonyl (C=O) groups is 3. The molecule has 1 saturated carbocycles. The summed E-state index contributed by atoms with van der Waals surface area (Å²) in [7, 11) is 0. The lowest BCUT2D eigenvalue weighted by molar-refractivity contribution is -0.144. The summed E-state index contributed by atoms with van der Waals surface area (Å²) in [6, 6.07) is -0.275. The molecular formula is C14H23N3O4. The molecule has 1 heterocycles. The summed E-state index contributed by atoms with van der Waals surface area (Å²) in [6.07, 6.45) is 5.57. The van der Waals surface area contributed by atoms with Crippen molar-refractivity contribution in [2.24, 2.45) is 5.92 Å². The molecule has 21 heavy (non-hydrogen) atoms. The zero-order chi connectivity index (χ0) is 15.2. The average Bonchev–Trinajstić information content (AvgIpc) is 2.91. The summed E-state index contributed by atoms with van der Waals surface area (Å²) in [5.74, 6) is -1.62. The minimum Gasteiger partial charge on any atom is -0.481 e. The van der Waals surface area contributed by atoms with Gasteiger partial charge in [-0.15, -0.1) is 0 Å². The zero-order valence-electron chi connectivity index (χ0n) is 12.1. The van der Waals surface area contributed by atoms with Crippen LogP contribution in [-0.4, -0.2) is 53.6 Å². The molecule has 3 amide bonds. The van der Waals surface area contributed by atoms with Gasteiger partial charge in [0.15, 0.2) is 0 Å². The summed E-state index contributed by atoms with van der Waals surface area (Å²) < 4.78 is 0. The first kappa shape index (κ1) is 15.8. The van der Waals surface area contributed by atoms with Gasteiger partial charge in [0, 0.05) is 12.6 Å². The highest BCUT2D eigenvalue weighted by Gasteiger charge is 2.27. The van der Waals surface area contributed by atoms with Crippen LogP contribution in [0.1, 0.15) is 38.5 Å². The maximum atomic E-state index is 11.8. The first-order chi connectivity index (χ1) is 10.0. The van der Waals surface area contributed by atoms with Gasteiger partial charge in [-0.05, 0) is 32.2 Å². The minimum absolute atomic E-state index is 0.0713. The van der Waals surface area contributed by atoms with Crippen molar-refractivity contribution < 1.29 is 19.5 Å². The molecule has 118 valence electrons. The summed E-state index contributed by atoms with van der Waals surface area (Å²) >= 11 is 0. The van der Waals surface area contributed by atoms with E-state index in [0.29, 0.717) is 19.5 Å². The number of carboxylic acids is 1. The van der Waals surface area contributed by atoms with Crippen molar-refractivity contribution in [2.75, 3.05) is 19.6 Å². The number of piperidine rings is 1. The van der Waals surface area contributed by atoms with Crippen LogP contribution < -0.4 is 10.6 Å². The number of carbonyl (C=O) groups excluding carboxylic acids is 2. The van der Waals surface area contributed by atoms with Crippen molar-refractivity contribution in [3.63, 3.8) is 0 Å². The lowest BCUT2D eigenvalue weighted by atomic mass is 9.98. The van der Waals surface area contributed by atoms with Gasteiger partial charge in [-0.25, -0.2) is 4.79 Å². The summed E-state index contributed by atoms with van der Waals surface area (Å²) in [5.41, 5.74) is 0. The average molecular weight is 297 g/mol. The molecule has 2 fully saturated rings. The van der Waals surface area contributed by atoms with Crippen molar-refractivity contribution in [3.8, 4) is 0 Å². The van der Waals surface area contributed by atoms with E-state index in [9.17, 15) is 14.4 Å². The van der Waals surface area contributed by atoms with Gasteiger partial charge < -0.3 is 10.4 Å². The Morgan fingerprint density at radius 2 is 1.81 bits per heavy atom. The number of hydrogen-bond acceptors (Lipinski definition) is 4. The molecular weight excluding hydrogens is 274 g/mol. The monoisotopic (exact) mass is 297 g/mol. The molecule has 1 unspecified atom stereocenters. The topological polar surface area (TPSA) is 98.7 Å². The number of rotatable bonds is 4. The van der Waals surface area contributed by atoms with Crippen LogP contribution in [0.5, 0.6) is 0 Å². The number of nitrogens with one attached hydrogen (secondary N) is 2. The molecule has 2 rings (SSSR count). The molecule has 1 aliphatic carbocycles. The zero-order valence-corrected chi connectivity index (χ0v) is 12.1. The Balaban J connectivity index is 1.70. The lowest BCUT2D eigenvalue weighted by Gasteiger charge is -2.29. The summed E-state index contributed by atoms with van der Waals surface area (Å²) in [6.45, 7) is 1.14. The molecule has 0 aromatic rings. The smallest absolute Gasteiger partial charge is 0.321 e. The Morgan fingerprint density at radius 1 is 1.10 bits per heavy atom. The molecule has 7 heteroatoms. The number of urea groups is 1. The Bertz CT molecular complexity index is 407. The van der Waals surface area contributed by atoms with Crippen molar-refractivity contribution in [2.45, 2.75) is 44.6 Å². The van der Waals surface area contributed by atoms with Gasteiger partial charge >= 0.3 is 12.0 Å². The van der Waals surface area contributed by atoms with E-state index in [2.05, 4.69) is 10.6 Å². The summed E-state index contributed by atoms with van der Waals surface area (Å²) in [5, 5.41) is 14.1. The van der Waals surface area contributed by atoms with Crippen LogP contribution in [0.4, 0.5) is 4.79 Å². The number of imide groups is 1. The Kier molecular flexibility index (Phi) is 5.55. The van der Waals surface area contributed by atoms with E-state index in [4.69, 9.17) is 5.11 Å². The van der Waals surface area contributed by atoms with Gasteiger partial charge in [0.25, 0.3) is 0 Å². The first-order valence-corrected chi connectivity index (χ1v) is 7.60. The van der Waals surface area contributed by atoms with Gasteiger partial charge in [0.1, 0.15) is 0 Å². The second-order valence-corrected chi connectivity index (χ2v) is 5.92. The molecule has 0 radical (unpaired) electrons. The highest BCUT2D eigenvalue weighted by molar-refractivity contribution is 5.95. The quantitative estimate of drug-likeness (QED) is 0.704. The molecule has 3 N–H and O–H groups in total. The normalized spacial score (nSPS) is 23.7. The van der Waals surface area contributed by atoms with Crippen LogP contribution in [0.25, 0.3) is 0 Å². The molecule has 0 aromatic heterocycles. The fraction of sp³-hybridized carbons (Fsp3) is 0.786. The molecule has 1 saturated heterocycles. The largest absolute Gasteiger partial charge is 0.481 e. The fourth-order valence-electron chi connectivity index (χ4n) is 3.06. The van der Waals surface area contributed by atoms with Gasteiger partial charge in [0.05, 0.1) is 12.5 Å². The number of amides is 3. The number of likely N-dealkylation sites (tertiary alicyclic amines) is 1. The fourth-order valence-corrected chi connectivity index (χ4v) is 3.06. The van der Waals surface area contributed by atoms with E-state index >= 15 is 0 Å². The van der Waals surface area contributed by atoms with E-state index in [1.54, 1.807) is 4.90 Å². The third kappa shape index (κ3) is 5.00. The summed E-state index contributed by atoms with van der Waals surface area (Å²) in [4.78, 5) is 36.2. The molecule has 2 aliphatic rings. The third-order valence-corrected chi connectivity index (χ3v) is 4.17. The third-order valence-electron chi connectivity index (χ3n) is 4.17. The number of carboxylic acid groups (broad SMARTS) is 1. The van der Waals surface area contributed by atoms with Crippen LogP contribution >= 0.6 is 0 Å². The predicted molar refractivity (Wildman–Crippen MR) is 75.7 cm³/mol. The van der Waals surface area contributed by atoms with Crippen molar-refractivity contribution >= 4 is 17.9 Å². The van der Waals surface area contributed by atoms with Gasteiger partial charge in [-0.2, -0.15) is 0 Å². The number of nitrogens with zero attached hydrogens (tertiary/aromatic N) is 1. The highest BCUT2D eigenvalue weighted by atomic mass is 16.4. The van der Waals surface area contributed by atoms with Crippen LogP contribution in [0.2, 0.25) is 0 Å². The highest BCUT2D eigenvalue weighted by Crippen LogP contribution is 2.17. The number of hydrogen-bond donors (Lipinski definition) is 3. The Morgan fingerprint density at radius 3 is 2.48 bits per heavy atom. The predicted octanol–water partition coefficient (Wildman–Crippen LogP) is 0.551. The van der Waals surface area contributed by atoms with E-state index in [1.165, 1.54) is 0 Å². The van der Waals surface area contributed by atoms with Crippen LogP contribution in [0.3, 0.4) is 0 Å². The molecule has 1 aliphatic heterocycles. The van der Waals surface area contributed by atoms with Crippen molar-refractivity contribution in [1.29, 1.82) is 0 Å². The lowest BCUT2D eigenvalue weighted by Crippen LogP contribution is -2.49. The van der Waals surface area contributed by atoms with E-state index in [0.717, 1.165) is 32.1 Å². The van der Waals surface area contributed by atoms with Crippen molar-refractivity contribution in [3.05, 3.63) is 0 Å². The van der Waals surface area contributed by atoms with Gasteiger partial charge in [-0.3, -0.25) is 19.8 Å². The van der Waals surface area contributed by atoms with Crippen LogP contribution in [0, 0.1) is 5.92 Å². The first-order valence-electron chi connectivity index (χ1n) is 7.60. The van der Waals surface area contributed by atoms with E-state index in [-0.39, 0.29) is 18.5 Å². The molecule has 0 aromatic carbocycles. The second kappa shape index (κ2) is 7.40. The van der Waals surface area contributed by atoms with Gasteiger partial charge in [0.2, 0.25) is 5.91 Å².